The molecule has 1 N–H and O–H groups in total. The van der Waals surface area contributed by atoms with Crippen molar-refractivity contribution in [3.05, 3.63) is 17.5 Å². The number of piperidine rings is 1. The fourth-order valence-electron chi connectivity index (χ4n) is 3.14. The summed E-state index contributed by atoms with van der Waals surface area (Å²) in [6.07, 6.45) is 4.30. The van der Waals surface area contributed by atoms with Crippen LogP contribution in [0, 0.1) is 5.92 Å². The molecular formula is C16H24N4O2. The first-order valence-corrected chi connectivity index (χ1v) is 8.12. The van der Waals surface area contributed by atoms with Crippen LogP contribution >= 0.6 is 0 Å². The van der Waals surface area contributed by atoms with Crippen LogP contribution in [0.15, 0.2) is 6.07 Å². The quantitative estimate of drug-likeness (QED) is 0.911. The average Bonchev–Trinajstić information content (AvgIpc) is 3.27. The molecule has 2 fully saturated rings. The molecule has 1 saturated heterocycles. The zero-order valence-corrected chi connectivity index (χ0v) is 13.3. The zero-order valence-electron chi connectivity index (χ0n) is 13.3. The van der Waals surface area contributed by atoms with E-state index >= 15 is 0 Å². The number of aromatic nitrogens is 2. The number of hydrogen-bond acceptors (Lipinski definition) is 3. The molecule has 6 heteroatoms. The fraction of sp³-hybridized carbons (Fsp3) is 0.688. The molecule has 1 aliphatic heterocycles. The lowest BCUT2D eigenvalue weighted by Gasteiger charge is -2.31. The summed E-state index contributed by atoms with van der Waals surface area (Å²) in [4.78, 5) is 25.4. The normalized spacial score (nSPS) is 19.3. The molecule has 0 aromatic carbocycles. The maximum Gasteiger partial charge on any atom is 0.274 e. The smallest absolute Gasteiger partial charge is 0.274 e. The van der Waals surface area contributed by atoms with Gasteiger partial charge >= 0.3 is 0 Å². The number of hydrogen-bond donors (Lipinski definition) is 1. The van der Waals surface area contributed by atoms with Crippen molar-refractivity contribution in [1.29, 1.82) is 0 Å². The van der Waals surface area contributed by atoms with Crippen molar-refractivity contribution in [3.8, 4) is 0 Å². The van der Waals surface area contributed by atoms with Crippen LogP contribution in [-0.4, -0.2) is 46.1 Å². The van der Waals surface area contributed by atoms with Crippen molar-refractivity contribution in [2.24, 2.45) is 13.0 Å². The average molecular weight is 304 g/mol. The molecule has 1 saturated carbocycles. The second-order valence-corrected chi connectivity index (χ2v) is 6.52. The molecule has 6 nitrogen and oxygen atoms in total. The van der Waals surface area contributed by atoms with Crippen molar-refractivity contribution in [1.82, 2.24) is 20.0 Å². The highest BCUT2D eigenvalue weighted by atomic mass is 16.2. The Bertz CT molecular complexity index is 569. The fourth-order valence-corrected chi connectivity index (χ4v) is 3.14. The number of aryl methyl sites for hydroxylation is 1. The third-order valence-corrected chi connectivity index (χ3v) is 4.67. The summed E-state index contributed by atoms with van der Waals surface area (Å²) in [5.41, 5.74) is 1.76. The Kier molecular flexibility index (Phi) is 4.18. The molecule has 0 unspecified atom stereocenters. The van der Waals surface area contributed by atoms with Crippen molar-refractivity contribution < 1.29 is 9.59 Å². The molecule has 1 aliphatic carbocycles. The van der Waals surface area contributed by atoms with Crippen LogP contribution in [-0.2, 0) is 11.8 Å². The van der Waals surface area contributed by atoms with Crippen LogP contribution in [0.3, 0.4) is 0 Å². The molecular weight excluding hydrogens is 280 g/mol. The number of carbonyl (C=O) groups excluding carboxylic acids is 2. The Morgan fingerprint density at radius 2 is 1.95 bits per heavy atom. The Balaban J connectivity index is 1.55. The lowest BCUT2D eigenvalue weighted by atomic mass is 9.96. The first-order valence-electron chi connectivity index (χ1n) is 8.12. The molecule has 2 amide bonds. The zero-order chi connectivity index (χ0) is 15.7. The van der Waals surface area contributed by atoms with Gasteiger partial charge in [-0.05, 0) is 37.7 Å². The summed E-state index contributed by atoms with van der Waals surface area (Å²) in [7, 11) is 1.92. The minimum atomic E-state index is 0.0135. The van der Waals surface area contributed by atoms with Crippen LogP contribution in [0.5, 0.6) is 0 Å². The highest BCUT2D eigenvalue weighted by molar-refractivity contribution is 5.92. The van der Waals surface area contributed by atoms with Gasteiger partial charge in [-0.25, -0.2) is 0 Å². The van der Waals surface area contributed by atoms with Crippen LogP contribution < -0.4 is 5.32 Å². The predicted molar refractivity (Wildman–Crippen MR) is 82.5 cm³/mol. The van der Waals surface area contributed by atoms with Gasteiger partial charge < -0.3 is 10.2 Å². The van der Waals surface area contributed by atoms with Gasteiger partial charge in [0.15, 0.2) is 5.69 Å². The van der Waals surface area contributed by atoms with Gasteiger partial charge in [0.05, 0.1) is 0 Å². The topological polar surface area (TPSA) is 67.2 Å². The third-order valence-electron chi connectivity index (χ3n) is 4.67. The molecule has 120 valence electrons. The van der Waals surface area contributed by atoms with E-state index in [0.717, 1.165) is 25.9 Å². The molecule has 0 spiro atoms. The van der Waals surface area contributed by atoms with Gasteiger partial charge in [0.25, 0.3) is 5.91 Å². The van der Waals surface area contributed by atoms with Crippen molar-refractivity contribution >= 4 is 11.8 Å². The van der Waals surface area contributed by atoms with Crippen LogP contribution in [0.1, 0.15) is 54.7 Å². The molecule has 1 aromatic rings. The summed E-state index contributed by atoms with van der Waals surface area (Å²) in [6, 6.07) is 1.96. The third kappa shape index (κ3) is 3.31. The van der Waals surface area contributed by atoms with Crippen molar-refractivity contribution in [2.75, 3.05) is 19.6 Å². The van der Waals surface area contributed by atoms with Gasteiger partial charge in [0.2, 0.25) is 5.91 Å². The highest BCUT2D eigenvalue weighted by Crippen LogP contribution is 2.40. The summed E-state index contributed by atoms with van der Waals surface area (Å²) in [6.45, 7) is 3.75. The van der Waals surface area contributed by atoms with E-state index in [0.29, 0.717) is 24.1 Å². The van der Waals surface area contributed by atoms with E-state index in [4.69, 9.17) is 0 Å². The molecule has 3 rings (SSSR count). The van der Waals surface area contributed by atoms with E-state index in [1.807, 2.05) is 22.7 Å². The summed E-state index contributed by atoms with van der Waals surface area (Å²) in [5.74, 6) is 1.13. The lowest BCUT2D eigenvalue weighted by Crippen LogP contribution is -2.41. The van der Waals surface area contributed by atoms with E-state index in [2.05, 4.69) is 10.4 Å². The first-order chi connectivity index (χ1) is 10.5. The first kappa shape index (κ1) is 15.1. The number of likely N-dealkylation sites (tertiary alicyclic amines) is 1. The maximum absolute atomic E-state index is 12.6. The van der Waals surface area contributed by atoms with E-state index < -0.39 is 0 Å². The number of amides is 2. The second kappa shape index (κ2) is 6.10. The van der Waals surface area contributed by atoms with Gasteiger partial charge in [0.1, 0.15) is 0 Å². The minimum Gasteiger partial charge on any atom is -0.356 e. The standard InChI is InChI=1S/C16H24N4O2/c1-11(21)17-10-12-5-7-20(8-6-12)16(22)14-9-15(13-3-4-13)19(2)18-14/h9,12-13H,3-8,10H2,1-2H3,(H,17,21). The molecule has 2 aliphatic rings. The molecule has 2 heterocycles. The summed E-state index contributed by atoms with van der Waals surface area (Å²) < 4.78 is 1.86. The van der Waals surface area contributed by atoms with Gasteiger partial charge in [-0.3, -0.25) is 14.3 Å². The van der Waals surface area contributed by atoms with Gasteiger partial charge in [-0.1, -0.05) is 0 Å². The van der Waals surface area contributed by atoms with Crippen molar-refractivity contribution in [2.45, 2.75) is 38.5 Å². The predicted octanol–water partition coefficient (Wildman–Crippen LogP) is 1.29. The monoisotopic (exact) mass is 304 g/mol. The number of nitrogens with one attached hydrogen (secondary N) is 1. The Hall–Kier alpha value is -1.85. The number of rotatable bonds is 4. The Labute approximate surface area is 130 Å². The van der Waals surface area contributed by atoms with Crippen LogP contribution in [0.25, 0.3) is 0 Å². The van der Waals surface area contributed by atoms with E-state index in [1.54, 1.807) is 0 Å². The van der Waals surface area contributed by atoms with Crippen molar-refractivity contribution in [3.63, 3.8) is 0 Å². The highest BCUT2D eigenvalue weighted by Gasteiger charge is 2.30. The summed E-state index contributed by atoms with van der Waals surface area (Å²) in [5, 5.41) is 7.26. The molecule has 0 atom stereocenters. The van der Waals surface area contributed by atoms with Gasteiger partial charge in [0, 0.05) is 45.2 Å². The molecule has 0 bridgehead atoms. The molecule has 1 aromatic heterocycles. The SMILES string of the molecule is CC(=O)NCC1CCN(C(=O)c2cc(C3CC3)n(C)n2)CC1. The maximum atomic E-state index is 12.6. The van der Waals surface area contributed by atoms with Gasteiger partial charge in [-0.2, -0.15) is 5.10 Å². The Morgan fingerprint density at radius 3 is 2.55 bits per heavy atom. The van der Waals surface area contributed by atoms with E-state index in [1.165, 1.54) is 25.5 Å². The van der Waals surface area contributed by atoms with E-state index in [-0.39, 0.29) is 11.8 Å². The lowest BCUT2D eigenvalue weighted by molar-refractivity contribution is -0.119. The second-order valence-electron chi connectivity index (χ2n) is 6.52. The van der Waals surface area contributed by atoms with E-state index in [9.17, 15) is 9.59 Å². The minimum absolute atomic E-state index is 0.0135. The largest absolute Gasteiger partial charge is 0.356 e. The molecule has 0 radical (unpaired) electrons. The number of nitrogens with zero attached hydrogens (tertiary/aromatic N) is 3. The Morgan fingerprint density at radius 1 is 1.27 bits per heavy atom. The van der Waals surface area contributed by atoms with Crippen LogP contribution in [0.4, 0.5) is 0 Å². The van der Waals surface area contributed by atoms with Crippen LogP contribution in [0.2, 0.25) is 0 Å². The summed E-state index contributed by atoms with van der Waals surface area (Å²) >= 11 is 0. The number of carbonyl (C=O) groups is 2. The van der Waals surface area contributed by atoms with Gasteiger partial charge in [-0.15, -0.1) is 0 Å². The molecule has 22 heavy (non-hydrogen) atoms.